The zero-order valence-corrected chi connectivity index (χ0v) is 20.8. The Morgan fingerprint density at radius 1 is 1.24 bits per heavy atom. The Morgan fingerprint density at radius 2 is 2.03 bits per heavy atom. The number of carbonyl (C=O) groups is 1. The monoisotopic (exact) mass is 541 g/mol. The number of anilines is 3. The summed E-state index contributed by atoms with van der Waals surface area (Å²) in [5.41, 5.74) is 5.58. The Balaban J connectivity index is 1.76. The van der Waals surface area contributed by atoms with E-state index in [4.69, 9.17) is 11.1 Å². The van der Waals surface area contributed by atoms with E-state index in [0.717, 1.165) is 18.5 Å². The zero-order chi connectivity index (χ0) is 27.4. The summed E-state index contributed by atoms with van der Waals surface area (Å²) in [6.07, 6.45) is 3.83. The number of benzene rings is 2. The van der Waals surface area contributed by atoms with Gasteiger partial charge < -0.3 is 16.0 Å². The van der Waals surface area contributed by atoms with Crippen LogP contribution in [0.3, 0.4) is 0 Å². The van der Waals surface area contributed by atoms with Crippen LogP contribution in [0.5, 0.6) is 0 Å². The molecule has 0 radical (unpaired) electrons. The minimum absolute atomic E-state index is 0.135. The van der Waals surface area contributed by atoms with Gasteiger partial charge in [-0.3, -0.25) is 14.9 Å². The van der Waals surface area contributed by atoms with Gasteiger partial charge >= 0.3 is 0 Å². The quantitative estimate of drug-likeness (QED) is 0.115. The summed E-state index contributed by atoms with van der Waals surface area (Å²) in [4.78, 5) is 28.3. The van der Waals surface area contributed by atoms with E-state index in [1.165, 1.54) is 12.5 Å². The molecule has 0 aliphatic carbocycles. The van der Waals surface area contributed by atoms with Crippen molar-refractivity contribution in [3.8, 4) is 0 Å². The molecule has 0 fully saturated rings. The third kappa shape index (κ3) is 5.34. The maximum Gasteiger partial charge on any atom is 0.279 e. The van der Waals surface area contributed by atoms with Crippen molar-refractivity contribution in [3.05, 3.63) is 77.2 Å². The maximum absolute atomic E-state index is 15.3. The van der Waals surface area contributed by atoms with E-state index in [0.29, 0.717) is 11.3 Å². The van der Waals surface area contributed by atoms with Gasteiger partial charge in [-0.05, 0) is 41.7 Å². The molecule has 0 atom stereocenters. The lowest BCUT2D eigenvalue weighted by atomic mass is 10.0. The number of aliphatic imine (C=N–C) groups is 1. The first kappa shape index (κ1) is 26.3. The SMILES string of the molecule is CCCS(=O)(=O)Nc1ccc(F)c(C(=O)c2c[nH]c3ncnc(Nc4cccc(C(N)=NC=[NH2+])c4)c23)c1F. The summed E-state index contributed by atoms with van der Waals surface area (Å²) in [5.74, 6) is -3.48. The number of hydrogen-bond acceptors (Lipinski definition) is 6. The molecule has 2 aromatic carbocycles. The Hall–Kier alpha value is -4.72. The third-order valence-electron chi connectivity index (χ3n) is 5.41. The van der Waals surface area contributed by atoms with Crippen LogP contribution in [-0.4, -0.2) is 47.1 Å². The van der Waals surface area contributed by atoms with Gasteiger partial charge in [-0.15, -0.1) is 0 Å². The number of hydrogen-bond donors (Lipinski definition) is 5. The number of rotatable bonds is 10. The number of H-pyrrole nitrogens is 1. The van der Waals surface area contributed by atoms with Gasteiger partial charge in [0.2, 0.25) is 21.6 Å². The fourth-order valence-electron chi connectivity index (χ4n) is 3.75. The number of nitrogens with two attached hydrogens (primary N) is 2. The highest BCUT2D eigenvalue weighted by atomic mass is 32.2. The van der Waals surface area contributed by atoms with Gasteiger partial charge in [0.1, 0.15) is 23.6 Å². The lowest BCUT2D eigenvalue weighted by Crippen LogP contribution is -2.30. The molecule has 0 saturated carbocycles. The van der Waals surface area contributed by atoms with Gasteiger partial charge in [0.05, 0.1) is 28.0 Å². The van der Waals surface area contributed by atoms with Crippen LogP contribution in [0.2, 0.25) is 0 Å². The Labute approximate surface area is 215 Å². The fourth-order valence-corrected chi connectivity index (χ4v) is 4.88. The topological polar surface area (TPSA) is 181 Å². The molecule has 2 heterocycles. The molecule has 0 saturated heterocycles. The van der Waals surface area contributed by atoms with E-state index >= 15 is 4.39 Å². The maximum atomic E-state index is 15.3. The van der Waals surface area contributed by atoms with Crippen LogP contribution in [0.15, 0.2) is 53.9 Å². The van der Waals surface area contributed by atoms with Crippen LogP contribution in [0, 0.1) is 11.6 Å². The number of carbonyl (C=O) groups excluding carboxylic acids is 1. The molecule has 14 heteroatoms. The van der Waals surface area contributed by atoms with E-state index in [-0.39, 0.29) is 40.4 Å². The number of sulfonamides is 1. The van der Waals surface area contributed by atoms with Gasteiger partial charge in [0.25, 0.3) is 6.34 Å². The van der Waals surface area contributed by atoms with Crippen molar-refractivity contribution in [2.24, 2.45) is 10.7 Å². The number of fused-ring (bicyclic) bond motifs is 1. The molecule has 38 heavy (non-hydrogen) atoms. The second-order valence-corrected chi connectivity index (χ2v) is 9.89. The average molecular weight is 542 g/mol. The second-order valence-electron chi connectivity index (χ2n) is 8.05. The number of ketones is 1. The average Bonchev–Trinajstić information content (AvgIpc) is 3.31. The van der Waals surface area contributed by atoms with Crippen LogP contribution >= 0.6 is 0 Å². The zero-order valence-electron chi connectivity index (χ0n) is 20.0. The number of amidine groups is 1. The molecule has 0 aliphatic rings. The van der Waals surface area contributed by atoms with E-state index in [1.807, 2.05) is 0 Å². The number of nitrogens with one attached hydrogen (secondary N) is 3. The summed E-state index contributed by atoms with van der Waals surface area (Å²) < 4.78 is 56.4. The van der Waals surface area contributed by atoms with Crippen LogP contribution in [0.1, 0.15) is 34.8 Å². The van der Waals surface area contributed by atoms with E-state index in [2.05, 4.69) is 30.0 Å². The van der Waals surface area contributed by atoms with Gasteiger partial charge in [-0.25, -0.2) is 27.2 Å². The molecular weight excluding hydrogens is 518 g/mol. The standard InChI is InChI=1S/C24H22F2N8O3S/c1-2-8-38(36,37)34-17-7-6-16(25)19(20(17)26)21(35)15-10-29-23-18(15)24(32-12-31-23)33-14-5-3-4-13(9-14)22(28)30-11-27/h3-7,9-12,34H,2,8H2,1H3,(H3,27,28,30)(H2,29,31,32,33)/p+1. The van der Waals surface area contributed by atoms with Crippen LogP contribution in [0.4, 0.5) is 26.0 Å². The smallest absolute Gasteiger partial charge is 0.279 e. The predicted octanol–water partition coefficient (Wildman–Crippen LogP) is 1.86. The lowest BCUT2D eigenvalue weighted by molar-refractivity contribution is -0.106. The van der Waals surface area contributed by atoms with Crippen molar-refractivity contribution in [2.45, 2.75) is 13.3 Å². The van der Waals surface area contributed by atoms with Crippen molar-refractivity contribution in [1.82, 2.24) is 15.0 Å². The number of aromatic amines is 1. The molecule has 0 spiro atoms. The molecule has 11 nitrogen and oxygen atoms in total. The Bertz CT molecular complexity index is 1690. The molecule has 2 aromatic heterocycles. The molecule has 0 bridgehead atoms. The first-order chi connectivity index (χ1) is 18.1. The summed E-state index contributed by atoms with van der Waals surface area (Å²) >= 11 is 0. The molecule has 0 amide bonds. The van der Waals surface area contributed by atoms with Gasteiger partial charge in [0, 0.05) is 17.4 Å². The molecule has 4 aromatic rings. The van der Waals surface area contributed by atoms with Gasteiger partial charge in [-0.1, -0.05) is 13.0 Å². The van der Waals surface area contributed by atoms with Crippen LogP contribution in [0.25, 0.3) is 11.0 Å². The van der Waals surface area contributed by atoms with Crippen molar-refractivity contribution in [1.29, 1.82) is 0 Å². The van der Waals surface area contributed by atoms with E-state index in [9.17, 15) is 17.6 Å². The van der Waals surface area contributed by atoms with Crippen LogP contribution < -0.4 is 21.2 Å². The number of halogens is 2. The predicted molar refractivity (Wildman–Crippen MR) is 140 cm³/mol. The highest BCUT2D eigenvalue weighted by molar-refractivity contribution is 7.92. The van der Waals surface area contributed by atoms with Crippen molar-refractivity contribution < 1.29 is 27.4 Å². The Kier molecular flexibility index (Phi) is 7.43. The normalized spacial score (nSPS) is 11.9. The molecule has 4 rings (SSSR count). The minimum Gasteiger partial charge on any atom is -0.362 e. The highest BCUT2D eigenvalue weighted by Crippen LogP contribution is 2.31. The number of aromatic nitrogens is 3. The summed E-state index contributed by atoms with van der Waals surface area (Å²) in [7, 11) is -3.89. The summed E-state index contributed by atoms with van der Waals surface area (Å²) in [6, 6.07) is 8.52. The molecular formula is C24H23F2N8O3S+. The molecule has 0 unspecified atom stereocenters. The lowest BCUT2D eigenvalue weighted by Gasteiger charge is -2.12. The first-order valence-corrected chi connectivity index (χ1v) is 12.9. The first-order valence-electron chi connectivity index (χ1n) is 11.2. The van der Waals surface area contributed by atoms with Crippen molar-refractivity contribution >= 4 is 56.2 Å². The second kappa shape index (κ2) is 10.7. The summed E-state index contributed by atoms with van der Waals surface area (Å²) in [5, 5.41) is 8.51. The Morgan fingerprint density at radius 3 is 2.76 bits per heavy atom. The van der Waals surface area contributed by atoms with Crippen molar-refractivity contribution in [2.75, 3.05) is 15.8 Å². The van der Waals surface area contributed by atoms with Gasteiger partial charge in [-0.2, -0.15) is 0 Å². The van der Waals surface area contributed by atoms with Gasteiger partial charge in [0.15, 0.2) is 5.82 Å². The van der Waals surface area contributed by atoms with E-state index in [1.54, 1.807) is 31.2 Å². The highest BCUT2D eigenvalue weighted by Gasteiger charge is 2.27. The van der Waals surface area contributed by atoms with E-state index < -0.39 is 38.7 Å². The van der Waals surface area contributed by atoms with Crippen molar-refractivity contribution in [3.63, 3.8) is 0 Å². The fraction of sp³-hybridized carbons (Fsp3) is 0.125. The third-order valence-corrected chi connectivity index (χ3v) is 6.88. The number of nitrogens with zero attached hydrogens (tertiary/aromatic N) is 3. The van der Waals surface area contributed by atoms with Crippen LogP contribution in [-0.2, 0) is 10.0 Å². The molecule has 7 N–H and O–H groups in total. The molecule has 0 aliphatic heterocycles. The largest absolute Gasteiger partial charge is 0.362 e. The minimum atomic E-state index is -3.89. The summed E-state index contributed by atoms with van der Waals surface area (Å²) in [6.45, 7) is 1.64. The molecule has 196 valence electrons.